The van der Waals surface area contributed by atoms with Gasteiger partial charge in [-0.1, -0.05) is 30.4 Å². The molecule has 0 aliphatic rings. The van der Waals surface area contributed by atoms with Gasteiger partial charge < -0.3 is 0 Å². The van der Waals surface area contributed by atoms with Gasteiger partial charge in [-0.05, 0) is 26.2 Å². The maximum Gasteiger partial charge on any atom is -0.0169 e. The summed E-state index contributed by atoms with van der Waals surface area (Å²) in [5.74, 6) is 0. The predicted octanol–water partition coefficient (Wildman–Crippen LogP) is 3.48. The van der Waals surface area contributed by atoms with Gasteiger partial charge in [0.05, 0.1) is 0 Å². The summed E-state index contributed by atoms with van der Waals surface area (Å²) in [4.78, 5) is 0. The van der Waals surface area contributed by atoms with E-state index >= 15 is 0 Å². The fraction of sp³-hybridized carbons (Fsp3) is 0.400. The lowest BCUT2D eigenvalue weighted by atomic mass is 10.2. The topological polar surface area (TPSA) is 0 Å². The van der Waals surface area contributed by atoms with Crippen LogP contribution in [0.25, 0.3) is 0 Å². The van der Waals surface area contributed by atoms with Crippen LogP contribution in [0, 0.1) is 0 Å². The van der Waals surface area contributed by atoms with Crippen LogP contribution in [0.1, 0.15) is 26.2 Å². The molecule has 0 aromatic heterocycles. The van der Waals surface area contributed by atoms with Crippen molar-refractivity contribution in [2.45, 2.75) is 26.2 Å². The molecule has 10 heavy (non-hydrogen) atoms. The Morgan fingerprint density at radius 3 is 2.50 bits per heavy atom. The fourth-order valence-electron chi connectivity index (χ4n) is 0.643. The first-order valence-corrected chi connectivity index (χ1v) is 3.79. The van der Waals surface area contributed by atoms with Gasteiger partial charge in [0, 0.05) is 0 Å². The highest BCUT2D eigenvalue weighted by atomic mass is 13.8. The van der Waals surface area contributed by atoms with Crippen LogP contribution >= 0.6 is 0 Å². The molecule has 0 atom stereocenters. The Kier molecular flexibility index (Phi) is 7.58. The molecule has 0 fully saturated rings. The first kappa shape index (κ1) is 9.22. The summed E-state index contributed by atoms with van der Waals surface area (Å²) in [6.45, 7) is 5.69. The standard InChI is InChI=1S/C10H16/c1-3-5-7-9-10-8-6-4-2/h3-4,6,9-10H,1,5,7-8H2,2H3. The zero-order chi connectivity index (χ0) is 7.66. The molecule has 0 radical (unpaired) electrons. The Bertz CT molecular complexity index is 118. The van der Waals surface area contributed by atoms with Crippen LogP contribution < -0.4 is 0 Å². The van der Waals surface area contributed by atoms with Crippen molar-refractivity contribution >= 4 is 0 Å². The van der Waals surface area contributed by atoms with E-state index in [2.05, 4.69) is 30.9 Å². The third-order valence-corrected chi connectivity index (χ3v) is 1.21. The van der Waals surface area contributed by atoms with Gasteiger partial charge in [-0.25, -0.2) is 0 Å². The average Bonchev–Trinajstić information content (AvgIpc) is 1.97. The third kappa shape index (κ3) is 7.22. The van der Waals surface area contributed by atoms with E-state index in [0.29, 0.717) is 0 Å². The molecule has 56 valence electrons. The van der Waals surface area contributed by atoms with Crippen molar-refractivity contribution in [3.63, 3.8) is 0 Å². The zero-order valence-electron chi connectivity index (χ0n) is 6.72. The molecule has 0 spiro atoms. The van der Waals surface area contributed by atoms with Gasteiger partial charge >= 0.3 is 0 Å². The number of rotatable bonds is 5. The third-order valence-electron chi connectivity index (χ3n) is 1.21. The summed E-state index contributed by atoms with van der Waals surface area (Å²) in [7, 11) is 0. The van der Waals surface area contributed by atoms with Crippen molar-refractivity contribution < 1.29 is 0 Å². The van der Waals surface area contributed by atoms with E-state index < -0.39 is 0 Å². The lowest BCUT2D eigenvalue weighted by Gasteiger charge is -1.83. The lowest BCUT2D eigenvalue weighted by molar-refractivity contribution is 1.05. The van der Waals surface area contributed by atoms with Gasteiger partial charge in [0.25, 0.3) is 0 Å². The van der Waals surface area contributed by atoms with Gasteiger partial charge in [-0.2, -0.15) is 0 Å². The summed E-state index contributed by atoms with van der Waals surface area (Å²) in [5, 5.41) is 0. The minimum Gasteiger partial charge on any atom is -0.103 e. The first-order chi connectivity index (χ1) is 4.91. The second-order valence-corrected chi connectivity index (χ2v) is 2.14. The molecule has 0 heterocycles. The molecule has 0 N–H and O–H groups in total. The van der Waals surface area contributed by atoms with Crippen molar-refractivity contribution in [2.24, 2.45) is 0 Å². The normalized spacial score (nSPS) is 11.3. The molecule has 0 unspecified atom stereocenters. The van der Waals surface area contributed by atoms with Crippen LogP contribution in [-0.2, 0) is 0 Å². The van der Waals surface area contributed by atoms with E-state index in [0.717, 1.165) is 19.3 Å². The highest BCUT2D eigenvalue weighted by Gasteiger charge is 1.72. The molecule has 0 aromatic rings. The average molecular weight is 136 g/mol. The largest absolute Gasteiger partial charge is 0.103 e. The quantitative estimate of drug-likeness (QED) is 0.401. The van der Waals surface area contributed by atoms with E-state index in [1.165, 1.54) is 0 Å². The monoisotopic (exact) mass is 136 g/mol. The van der Waals surface area contributed by atoms with Gasteiger partial charge in [-0.3, -0.25) is 0 Å². The van der Waals surface area contributed by atoms with Crippen molar-refractivity contribution in [2.75, 3.05) is 0 Å². The van der Waals surface area contributed by atoms with Crippen LogP contribution in [-0.4, -0.2) is 0 Å². The predicted molar refractivity (Wildman–Crippen MR) is 48.0 cm³/mol. The van der Waals surface area contributed by atoms with E-state index in [9.17, 15) is 0 Å². The molecule has 0 saturated carbocycles. The Balaban J connectivity index is 3.11. The first-order valence-electron chi connectivity index (χ1n) is 3.79. The molecular formula is C10H16. The second kappa shape index (κ2) is 8.22. The molecule has 0 aromatic carbocycles. The second-order valence-electron chi connectivity index (χ2n) is 2.14. The minimum atomic E-state index is 1.06. The Morgan fingerprint density at radius 2 is 1.90 bits per heavy atom. The van der Waals surface area contributed by atoms with E-state index in [1.54, 1.807) is 0 Å². The zero-order valence-corrected chi connectivity index (χ0v) is 6.72. The highest BCUT2D eigenvalue weighted by molar-refractivity contribution is 4.91. The number of hydrogen-bond donors (Lipinski definition) is 0. The van der Waals surface area contributed by atoms with Crippen LogP contribution in [0.3, 0.4) is 0 Å². The van der Waals surface area contributed by atoms with Gasteiger partial charge in [-0.15, -0.1) is 6.58 Å². The number of unbranched alkanes of at least 4 members (excludes halogenated alkanes) is 1. The minimum absolute atomic E-state index is 1.06. The number of allylic oxidation sites excluding steroid dienone is 5. The lowest BCUT2D eigenvalue weighted by Crippen LogP contribution is -1.62. The Labute approximate surface area is 64.0 Å². The van der Waals surface area contributed by atoms with Crippen LogP contribution in [0.2, 0.25) is 0 Å². The molecule has 0 bridgehead atoms. The SMILES string of the molecule is C=CCCC=CCC=CC. The molecular weight excluding hydrogens is 120 g/mol. The van der Waals surface area contributed by atoms with Crippen molar-refractivity contribution in [3.8, 4) is 0 Å². The maximum absolute atomic E-state index is 3.65. The molecule has 0 heteroatoms. The maximum atomic E-state index is 3.65. The summed E-state index contributed by atoms with van der Waals surface area (Å²) in [6, 6.07) is 0. The summed E-state index contributed by atoms with van der Waals surface area (Å²) in [5.41, 5.74) is 0. The Hall–Kier alpha value is -0.780. The van der Waals surface area contributed by atoms with Crippen molar-refractivity contribution in [1.29, 1.82) is 0 Å². The molecule has 0 saturated heterocycles. The molecule has 0 amide bonds. The van der Waals surface area contributed by atoms with Gasteiger partial charge in [0.1, 0.15) is 0 Å². The van der Waals surface area contributed by atoms with Crippen molar-refractivity contribution in [1.82, 2.24) is 0 Å². The molecule has 0 nitrogen and oxygen atoms in total. The summed E-state index contributed by atoms with van der Waals surface area (Å²) < 4.78 is 0. The summed E-state index contributed by atoms with van der Waals surface area (Å²) >= 11 is 0. The van der Waals surface area contributed by atoms with Crippen LogP contribution in [0.5, 0.6) is 0 Å². The van der Waals surface area contributed by atoms with Crippen LogP contribution in [0.15, 0.2) is 37.0 Å². The van der Waals surface area contributed by atoms with Crippen LogP contribution in [0.4, 0.5) is 0 Å². The Morgan fingerprint density at radius 1 is 1.10 bits per heavy atom. The van der Waals surface area contributed by atoms with E-state index in [-0.39, 0.29) is 0 Å². The van der Waals surface area contributed by atoms with E-state index in [4.69, 9.17) is 0 Å². The number of hydrogen-bond acceptors (Lipinski definition) is 0. The van der Waals surface area contributed by atoms with E-state index in [1.807, 2.05) is 13.0 Å². The molecule has 0 aliphatic carbocycles. The fourth-order valence-corrected chi connectivity index (χ4v) is 0.643. The van der Waals surface area contributed by atoms with Gasteiger partial charge in [0.15, 0.2) is 0 Å². The molecule has 0 rings (SSSR count). The van der Waals surface area contributed by atoms with Gasteiger partial charge in [0.2, 0.25) is 0 Å². The van der Waals surface area contributed by atoms with Crippen molar-refractivity contribution in [3.05, 3.63) is 37.0 Å². The summed E-state index contributed by atoms with van der Waals surface area (Å²) in [6.07, 6.45) is 13.8. The highest BCUT2D eigenvalue weighted by Crippen LogP contribution is 1.93. The molecule has 0 aliphatic heterocycles. The smallest absolute Gasteiger partial charge is 0.0169 e.